The molecule has 1 fully saturated rings. The van der Waals surface area contributed by atoms with Gasteiger partial charge in [0, 0.05) is 18.7 Å². The lowest BCUT2D eigenvalue weighted by Crippen LogP contribution is -2.42. The number of rotatable bonds is 6. The molecule has 0 N–H and O–H groups in total. The first-order valence-corrected chi connectivity index (χ1v) is 8.43. The van der Waals surface area contributed by atoms with Crippen molar-refractivity contribution in [1.29, 1.82) is 0 Å². The van der Waals surface area contributed by atoms with E-state index in [1.165, 1.54) is 6.42 Å². The first kappa shape index (κ1) is 18.2. The number of amides is 1. The van der Waals surface area contributed by atoms with Crippen LogP contribution in [0.3, 0.4) is 0 Å². The number of benzene rings is 1. The van der Waals surface area contributed by atoms with Crippen molar-refractivity contribution in [2.45, 2.75) is 38.6 Å². The predicted molar refractivity (Wildman–Crippen MR) is 94.8 cm³/mol. The summed E-state index contributed by atoms with van der Waals surface area (Å²) in [6, 6.07) is 4.02. The smallest absolute Gasteiger partial charge is 0.246 e. The third-order valence-corrected chi connectivity index (χ3v) is 4.49. The van der Waals surface area contributed by atoms with Crippen molar-refractivity contribution in [1.82, 2.24) is 4.90 Å². The summed E-state index contributed by atoms with van der Waals surface area (Å²) < 4.78 is 16.0. The van der Waals surface area contributed by atoms with Crippen LogP contribution < -0.4 is 14.2 Å². The van der Waals surface area contributed by atoms with E-state index >= 15 is 0 Å². The fraction of sp³-hybridized carbons (Fsp3) is 0.526. The molecule has 1 aromatic carbocycles. The zero-order chi connectivity index (χ0) is 17.5. The van der Waals surface area contributed by atoms with E-state index in [0.29, 0.717) is 23.3 Å². The predicted octanol–water partition coefficient (Wildman–Crippen LogP) is 3.52. The summed E-state index contributed by atoms with van der Waals surface area (Å²) in [4.78, 5) is 14.5. The number of ether oxygens (including phenoxy) is 3. The second-order valence-corrected chi connectivity index (χ2v) is 5.88. The maximum Gasteiger partial charge on any atom is 0.246 e. The number of carbonyl (C=O) groups is 1. The largest absolute Gasteiger partial charge is 0.493 e. The van der Waals surface area contributed by atoms with E-state index in [-0.39, 0.29) is 5.91 Å². The number of methoxy groups -OCH3 is 3. The van der Waals surface area contributed by atoms with E-state index in [9.17, 15) is 4.79 Å². The number of carbonyl (C=O) groups excluding carboxylic acids is 1. The SMILES string of the molecule is CC[C@H]1CCCCN1C(=O)/C=C/c1cc(OC)c(OC)c(OC)c1. The van der Waals surface area contributed by atoms with Crippen LogP contribution in [0.5, 0.6) is 17.2 Å². The summed E-state index contributed by atoms with van der Waals surface area (Å²) in [7, 11) is 4.73. The van der Waals surface area contributed by atoms with Gasteiger partial charge in [-0.05, 0) is 49.5 Å². The molecule has 1 heterocycles. The van der Waals surface area contributed by atoms with Crippen molar-refractivity contribution >= 4 is 12.0 Å². The molecule has 0 bridgehead atoms. The molecule has 0 aliphatic carbocycles. The summed E-state index contributed by atoms with van der Waals surface area (Å²) in [5.74, 6) is 1.77. The lowest BCUT2D eigenvalue weighted by molar-refractivity contribution is -0.129. The van der Waals surface area contributed by atoms with Crippen molar-refractivity contribution in [2.24, 2.45) is 0 Å². The molecule has 1 aliphatic rings. The lowest BCUT2D eigenvalue weighted by Gasteiger charge is -2.34. The molecule has 0 unspecified atom stereocenters. The van der Waals surface area contributed by atoms with Gasteiger partial charge >= 0.3 is 0 Å². The second-order valence-electron chi connectivity index (χ2n) is 5.88. The fourth-order valence-electron chi connectivity index (χ4n) is 3.18. The van der Waals surface area contributed by atoms with Crippen molar-refractivity contribution in [2.75, 3.05) is 27.9 Å². The Bertz CT molecular complexity index is 572. The minimum atomic E-state index is 0.0651. The van der Waals surface area contributed by atoms with Crippen LogP contribution in [0, 0.1) is 0 Å². The first-order valence-electron chi connectivity index (χ1n) is 8.43. The van der Waals surface area contributed by atoms with Crippen LogP contribution in [0.25, 0.3) is 6.08 Å². The number of hydrogen-bond donors (Lipinski definition) is 0. The lowest BCUT2D eigenvalue weighted by atomic mass is 10.00. The fourth-order valence-corrected chi connectivity index (χ4v) is 3.18. The molecule has 1 saturated heterocycles. The highest BCUT2D eigenvalue weighted by Crippen LogP contribution is 2.38. The molecule has 2 rings (SSSR count). The van der Waals surface area contributed by atoms with E-state index in [2.05, 4.69) is 6.92 Å². The van der Waals surface area contributed by atoms with Gasteiger partial charge in [-0.25, -0.2) is 0 Å². The van der Waals surface area contributed by atoms with Gasteiger partial charge in [0.25, 0.3) is 0 Å². The standard InChI is InChI=1S/C19H27NO4/c1-5-15-8-6-7-11-20(15)18(21)10-9-14-12-16(22-2)19(24-4)17(13-14)23-3/h9-10,12-13,15H,5-8,11H2,1-4H3/b10-9+/t15-/m0/s1. The van der Waals surface area contributed by atoms with Crippen LogP contribution in [0.4, 0.5) is 0 Å². The number of piperidine rings is 1. The van der Waals surface area contributed by atoms with Gasteiger partial charge in [0.05, 0.1) is 21.3 Å². The molecule has 1 aromatic rings. The van der Waals surface area contributed by atoms with Crippen molar-refractivity contribution in [3.8, 4) is 17.2 Å². The molecule has 1 aliphatic heterocycles. The Balaban J connectivity index is 2.20. The van der Waals surface area contributed by atoms with E-state index in [0.717, 1.165) is 31.4 Å². The van der Waals surface area contributed by atoms with E-state index < -0.39 is 0 Å². The van der Waals surface area contributed by atoms with Crippen LogP contribution in [0.15, 0.2) is 18.2 Å². The number of likely N-dealkylation sites (tertiary alicyclic amines) is 1. The van der Waals surface area contributed by atoms with Crippen molar-refractivity contribution in [3.63, 3.8) is 0 Å². The third kappa shape index (κ3) is 4.02. The summed E-state index contributed by atoms with van der Waals surface area (Å²) in [6.45, 7) is 2.98. The van der Waals surface area contributed by atoms with Gasteiger partial charge in [-0.3, -0.25) is 4.79 Å². The number of hydrogen-bond acceptors (Lipinski definition) is 4. The van der Waals surface area contributed by atoms with Crippen LogP contribution in [-0.2, 0) is 4.79 Å². The zero-order valence-corrected chi connectivity index (χ0v) is 15.0. The summed E-state index contributed by atoms with van der Waals surface area (Å²) in [5, 5.41) is 0. The molecule has 0 spiro atoms. The van der Waals surface area contributed by atoms with Crippen molar-refractivity contribution < 1.29 is 19.0 Å². The summed E-state index contributed by atoms with van der Waals surface area (Å²) >= 11 is 0. The van der Waals surface area contributed by atoms with Crippen LogP contribution in [0.2, 0.25) is 0 Å². The molecule has 24 heavy (non-hydrogen) atoms. The third-order valence-electron chi connectivity index (χ3n) is 4.49. The minimum Gasteiger partial charge on any atom is -0.493 e. The molecule has 0 aromatic heterocycles. The van der Waals surface area contributed by atoms with Gasteiger partial charge in [-0.2, -0.15) is 0 Å². The Labute approximate surface area is 144 Å². The highest BCUT2D eigenvalue weighted by atomic mass is 16.5. The van der Waals surface area contributed by atoms with Gasteiger partial charge < -0.3 is 19.1 Å². The average Bonchev–Trinajstić information content (AvgIpc) is 2.64. The summed E-state index contributed by atoms with van der Waals surface area (Å²) in [5.41, 5.74) is 0.836. The Morgan fingerprint density at radius 3 is 2.38 bits per heavy atom. The molecule has 0 saturated carbocycles. The Morgan fingerprint density at radius 2 is 1.83 bits per heavy atom. The van der Waals surface area contributed by atoms with Crippen molar-refractivity contribution in [3.05, 3.63) is 23.8 Å². The van der Waals surface area contributed by atoms with Crippen LogP contribution in [0.1, 0.15) is 38.2 Å². The molecular formula is C19H27NO4. The normalized spacial score (nSPS) is 17.8. The van der Waals surface area contributed by atoms with Gasteiger partial charge in [0.15, 0.2) is 11.5 Å². The van der Waals surface area contributed by atoms with Gasteiger partial charge in [0.1, 0.15) is 0 Å². The average molecular weight is 333 g/mol. The molecule has 0 radical (unpaired) electrons. The molecule has 5 nitrogen and oxygen atoms in total. The van der Waals surface area contributed by atoms with Crippen LogP contribution >= 0.6 is 0 Å². The first-order chi connectivity index (χ1) is 11.6. The van der Waals surface area contributed by atoms with Gasteiger partial charge in [-0.1, -0.05) is 6.92 Å². The van der Waals surface area contributed by atoms with E-state index in [1.807, 2.05) is 17.0 Å². The van der Waals surface area contributed by atoms with E-state index in [4.69, 9.17) is 14.2 Å². The van der Waals surface area contributed by atoms with Gasteiger partial charge in [0.2, 0.25) is 11.7 Å². The maximum atomic E-state index is 12.5. The highest BCUT2D eigenvalue weighted by molar-refractivity contribution is 5.92. The van der Waals surface area contributed by atoms with E-state index in [1.54, 1.807) is 33.5 Å². The van der Waals surface area contributed by atoms with Crippen LogP contribution in [-0.4, -0.2) is 44.7 Å². The molecule has 132 valence electrons. The molecule has 1 atom stereocenters. The molecule has 1 amide bonds. The number of nitrogens with zero attached hydrogens (tertiary/aromatic N) is 1. The Morgan fingerprint density at radius 1 is 1.17 bits per heavy atom. The zero-order valence-electron chi connectivity index (χ0n) is 15.0. The Kier molecular flexibility index (Phi) is 6.53. The summed E-state index contributed by atoms with van der Waals surface area (Å²) in [6.07, 6.45) is 7.83. The Hall–Kier alpha value is -2.17. The molecule has 5 heteroatoms. The quantitative estimate of drug-likeness (QED) is 0.748. The monoisotopic (exact) mass is 333 g/mol. The maximum absolute atomic E-state index is 12.5. The topological polar surface area (TPSA) is 48.0 Å². The molecular weight excluding hydrogens is 306 g/mol. The van der Waals surface area contributed by atoms with Gasteiger partial charge in [-0.15, -0.1) is 0 Å². The second kappa shape index (κ2) is 8.62. The highest BCUT2D eigenvalue weighted by Gasteiger charge is 2.23. The minimum absolute atomic E-state index is 0.0651.